The highest BCUT2D eigenvalue weighted by atomic mass is 16.2. The van der Waals surface area contributed by atoms with Crippen molar-refractivity contribution in [3.63, 3.8) is 0 Å². The van der Waals surface area contributed by atoms with Crippen LogP contribution in [0.1, 0.15) is 22.8 Å². The molecule has 0 radical (unpaired) electrons. The van der Waals surface area contributed by atoms with Gasteiger partial charge >= 0.3 is 0 Å². The summed E-state index contributed by atoms with van der Waals surface area (Å²) in [5.41, 5.74) is 1.73. The molecule has 1 N–H and O–H groups in total. The molecule has 114 valence electrons. The lowest BCUT2D eigenvalue weighted by molar-refractivity contribution is -0.134. The number of nitrogens with one attached hydrogen (secondary N) is 1. The third kappa shape index (κ3) is 3.24. The predicted molar refractivity (Wildman–Crippen MR) is 82.2 cm³/mol. The first kappa shape index (κ1) is 15.5. The van der Waals surface area contributed by atoms with Crippen LogP contribution in [0.4, 0.5) is 0 Å². The van der Waals surface area contributed by atoms with Gasteiger partial charge in [0.05, 0.1) is 0 Å². The zero-order chi connectivity index (χ0) is 15.4. The number of likely N-dealkylation sites (N-methyl/N-ethyl adjacent to an activating group) is 1. The van der Waals surface area contributed by atoms with Crippen molar-refractivity contribution >= 4 is 11.8 Å². The van der Waals surface area contributed by atoms with Crippen LogP contribution in [-0.2, 0) is 11.2 Å². The Morgan fingerprint density at radius 1 is 1.33 bits per heavy atom. The summed E-state index contributed by atoms with van der Waals surface area (Å²) in [4.78, 5) is 28.4. The van der Waals surface area contributed by atoms with Crippen LogP contribution >= 0.6 is 0 Å². The number of amides is 2. The maximum atomic E-state index is 12.8. The molecule has 1 aliphatic rings. The van der Waals surface area contributed by atoms with E-state index in [4.69, 9.17) is 0 Å². The summed E-state index contributed by atoms with van der Waals surface area (Å²) >= 11 is 0. The second-order valence-corrected chi connectivity index (χ2v) is 5.46. The highest BCUT2D eigenvalue weighted by Crippen LogP contribution is 2.16. The molecule has 1 heterocycles. The topological polar surface area (TPSA) is 52.7 Å². The average Bonchev–Trinajstić information content (AvgIpc) is 2.53. The van der Waals surface area contributed by atoms with Crippen LogP contribution in [0, 0.1) is 0 Å². The number of carbonyl (C=O) groups is 2. The number of hydrogen-bond acceptors (Lipinski definition) is 3. The van der Waals surface area contributed by atoms with Gasteiger partial charge in [0, 0.05) is 39.3 Å². The van der Waals surface area contributed by atoms with E-state index in [1.54, 1.807) is 23.9 Å². The summed E-state index contributed by atoms with van der Waals surface area (Å²) in [6, 6.07) is 7.21. The third-order valence-electron chi connectivity index (χ3n) is 3.86. The van der Waals surface area contributed by atoms with Crippen molar-refractivity contribution in [3.05, 3.63) is 35.4 Å². The van der Waals surface area contributed by atoms with Gasteiger partial charge < -0.3 is 15.1 Å². The first-order chi connectivity index (χ1) is 10.1. The SMILES string of the molecule is CCc1ccccc1C(=O)N1CCNCC1C(=O)N(C)C. The van der Waals surface area contributed by atoms with E-state index in [1.165, 1.54) is 0 Å². The fraction of sp³-hybridized carbons (Fsp3) is 0.500. The van der Waals surface area contributed by atoms with Crippen LogP contribution in [0.25, 0.3) is 0 Å². The summed E-state index contributed by atoms with van der Waals surface area (Å²) in [5.74, 6) is -0.0846. The number of aryl methyl sites for hydroxylation is 1. The molecule has 0 saturated carbocycles. The Balaban J connectivity index is 2.28. The Morgan fingerprint density at radius 3 is 2.71 bits per heavy atom. The smallest absolute Gasteiger partial charge is 0.254 e. The highest BCUT2D eigenvalue weighted by molar-refractivity contribution is 5.98. The Morgan fingerprint density at radius 2 is 2.05 bits per heavy atom. The lowest BCUT2D eigenvalue weighted by Crippen LogP contribution is -2.59. The van der Waals surface area contributed by atoms with Gasteiger partial charge in [0.15, 0.2) is 0 Å². The van der Waals surface area contributed by atoms with Gasteiger partial charge in [0.1, 0.15) is 6.04 Å². The Labute approximate surface area is 125 Å². The fourth-order valence-corrected chi connectivity index (χ4v) is 2.66. The third-order valence-corrected chi connectivity index (χ3v) is 3.86. The molecule has 1 saturated heterocycles. The number of carbonyl (C=O) groups excluding carboxylic acids is 2. The summed E-state index contributed by atoms with van der Waals surface area (Å²) in [5, 5.41) is 3.19. The van der Waals surface area contributed by atoms with E-state index in [0.29, 0.717) is 18.7 Å². The molecular formula is C16H23N3O2. The van der Waals surface area contributed by atoms with Gasteiger partial charge in [-0.1, -0.05) is 25.1 Å². The lowest BCUT2D eigenvalue weighted by Gasteiger charge is -2.36. The molecule has 0 bridgehead atoms. The van der Waals surface area contributed by atoms with Crippen molar-refractivity contribution in [2.75, 3.05) is 33.7 Å². The van der Waals surface area contributed by atoms with Crippen LogP contribution in [-0.4, -0.2) is 61.4 Å². The fourth-order valence-electron chi connectivity index (χ4n) is 2.66. The number of hydrogen-bond donors (Lipinski definition) is 1. The summed E-state index contributed by atoms with van der Waals surface area (Å²) in [6.07, 6.45) is 0.806. The van der Waals surface area contributed by atoms with Crippen molar-refractivity contribution in [2.45, 2.75) is 19.4 Å². The van der Waals surface area contributed by atoms with E-state index >= 15 is 0 Å². The number of piperazine rings is 1. The van der Waals surface area contributed by atoms with E-state index in [9.17, 15) is 9.59 Å². The lowest BCUT2D eigenvalue weighted by atomic mass is 10.0. The largest absolute Gasteiger partial charge is 0.347 e. The van der Waals surface area contributed by atoms with Gasteiger partial charge in [0.25, 0.3) is 5.91 Å². The second-order valence-electron chi connectivity index (χ2n) is 5.46. The molecule has 1 aromatic rings. The molecule has 1 unspecified atom stereocenters. The molecule has 0 aromatic heterocycles. The molecule has 1 atom stereocenters. The van der Waals surface area contributed by atoms with Gasteiger partial charge in [-0.05, 0) is 18.1 Å². The molecule has 5 nitrogen and oxygen atoms in total. The molecule has 0 spiro atoms. The first-order valence-electron chi connectivity index (χ1n) is 7.37. The first-order valence-corrected chi connectivity index (χ1v) is 7.37. The minimum atomic E-state index is -0.425. The standard InChI is InChI=1S/C16H23N3O2/c1-4-12-7-5-6-8-13(12)15(20)19-10-9-17-11-14(19)16(21)18(2)3/h5-8,14,17H,4,9-11H2,1-3H3. The van der Waals surface area contributed by atoms with E-state index < -0.39 is 6.04 Å². The molecule has 2 amide bonds. The van der Waals surface area contributed by atoms with Crippen molar-refractivity contribution in [1.82, 2.24) is 15.1 Å². The number of rotatable bonds is 3. The summed E-state index contributed by atoms with van der Waals surface area (Å²) in [6.45, 7) is 3.82. The molecule has 2 rings (SSSR count). The van der Waals surface area contributed by atoms with Crippen LogP contribution in [0.5, 0.6) is 0 Å². The van der Waals surface area contributed by atoms with Gasteiger partial charge in [-0.15, -0.1) is 0 Å². The molecule has 1 fully saturated rings. The van der Waals surface area contributed by atoms with Crippen LogP contribution in [0.3, 0.4) is 0 Å². The number of benzene rings is 1. The van der Waals surface area contributed by atoms with Crippen molar-refractivity contribution in [1.29, 1.82) is 0 Å². The summed E-state index contributed by atoms with van der Waals surface area (Å²) < 4.78 is 0. The van der Waals surface area contributed by atoms with Crippen molar-refractivity contribution in [3.8, 4) is 0 Å². The zero-order valence-corrected chi connectivity index (χ0v) is 12.9. The quantitative estimate of drug-likeness (QED) is 0.893. The monoisotopic (exact) mass is 289 g/mol. The minimum Gasteiger partial charge on any atom is -0.347 e. The van der Waals surface area contributed by atoms with Crippen LogP contribution in [0.15, 0.2) is 24.3 Å². The summed E-state index contributed by atoms with van der Waals surface area (Å²) in [7, 11) is 3.44. The van der Waals surface area contributed by atoms with Gasteiger partial charge in [-0.3, -0.25) is 9.59 Å². The molecule has 1 aliphatic heterocycles. The Hall–Kier alpha value is -1.88. The van der Waals surface area contributed by atoms with E-state index in [0.717, 1.165) is 18.5 Å². The molecule has 0 aliphatic carbocycles. The Kier molecular flexibility index (Phi) is 4.96. The molecule has 21 heavy (non-hydrogen) atoms. The van der Waals surface area contributed by atoms with E-state index in [-0.39, 0.29) is 11.8 Å². The maximum Gasteiger partial charge on any atom is 0.254 e. The van der Waals surface area contributed by atoms with Gasteiger partial charge in [-0.2, -0.15) is 0 Å². The van der Waals surface area contributed by atoms with Crippen LogP contribution in [0.2, 0.25) is 0 Å². The Bertz CT molecular complexity index is 528. The normalized spacial score (nSPS) is 18.4. The second kappa shape index (κ2) is 6.72. The molecule has 1 aromatic carbocycles. The average molecular weight is 289 g/mol. The maximum absolute atomic E-state index is 12.8. The molecular weight excluding hydrogens is 266 g/mol. The van der Waals surface area contributed by atoms with E-state index in [1.807, 2.05) is 31.2 Å². The highest BCUT2D eigenvalue weighted by Gasteiger charge is 2.33. The van der Waals surface area contributed by atoms with Crippen LogP contribution < -0.4 is 5.32 Å². The zero-order valence-electron chi connectivity index (χ0n) is 12.9. The van der Waals surface area contributed by atoms with Gasteiger partial charge in [-0.25, -0.2) is 0 Å². The van der Waals surface area contributed by atoms with Crippen molar-refractivity contribution in [2.24, 2.45) is 0 Å². The minimum absolute atomic E-state index is 0.0375. The predicted octanol–water partition coefficient (Wildman–Crippen LogP) is 0.751. The van der Waals surface area contributed by atoms with Crippen molar-refractivity contribution < 1.29 is 9.59 Å². The molecule has 5 heteroatoms. The van der Waals surface area contributed by atoms with E-state index in [2.05, 4.69) is 5.32 Å². The number of nitrogens with zero attached hydrogens (tertiary/aromatic N) is 2. The van der Waals surface area contributed by atoms with Gasteiger partial charge in [0.2, 0.25) is 5.91 Å².